The Morgan fingerprint density at radius 3 is 1.92 bits per heavy atom. The number of halogens is 5. The monoisotopic (exact) mass is 532 g/mol. The van der Waals surface area contributed by atoms with Gasteiger partial charge in [0.15, 0.2) is 0 Å². The molecule has 1 fully saturated rings. The lowest BCUT2D eigenvalue weighted by Gasteiger charge is -2.28. The molecule has 204 valence electrons. The number of aryl methyl sites for hydroxylation is 1. The van der Waals surface area contributed by atoms with Gasteiger partial charge in [0.25, 0.3) is 0 Å². The van der Waals surface area contributed by atoms with Crippen LogP contribution in [0.2, 0.25) is 0 Å². The maximum Gasteiger partial charge on any atom is 0.573 e. The molecule has 0 unspecified atom stereocenters. The Morgan fingerprint density at radius 1 is 0.711 bits per heavy atom. The van der Waals surface area contributed by atoms with Gasteiger partial charge in [-0.1, -0.05) is 87.9 Å². The quantitative estimate of drug-likeness (QED) is 0.242. The molecule has 0 amide bonds. The van der Waals surface area contributed by atoms with E-state index >= 15 is 8.78 Å². The first-order valence-electron chi connectivity index (χ1n) is 13.2. The van der Waals surface area contributed by atoms with E-state index in [1.54, 1.807) is 30.3 Å². The first-order chi connectivity index (χ1) is 18.1. The number of hydrogen-bond donors (Lipinski definition) is 0. The Morgan fingerprint density at radius 2 is 1.32 bits per heavy atom. The first kappa shape index (κ1) is 27.9. The van der Waals surface area contributed by atoms with E-state index < -0.39 is 18.2 Å². The standard InChI is InChI=1S/C31H33F5O2/c1-2-5-22-8-10-23(11-9-22)12-13-24-14-18-26(19-15-24)30(32,33)38-29-7-4-3-6-28(29)25-16-20-27(21-17-25)37-31(34,35)36/h3-4,6-7,14-23H,2,5,8-13H2,1H3/t22-,23-. The number of hydrogen-bond acceptors (Lipinski definition) is 2. The summed E-state index contributed by atoms with van der Waals surface area (Å²) in [6.45, 7) is 2.24. The van der Waals surface area contributed by atoms with Crippen molar-refractivity contribution in [2.75, 3.05) is 0 Å². The Bertz CT molecular complexity index is 1150. The van der Waals surface area contributed by atoms with Crippen LogP contribution in [-0.4, -0.2) is 6.36 Å². The highest BCUT2D eigenvalue weighted by molar-refractivity contribution is 5.71. The van der Waals surface area contributed by atoms with E-state index in [9.17, 15) is 13.2 Å². The Hall–Kier alpha value is -3.09. The molecule has 2 nitrogen and oxygen atoms in total. The molecule has 0 radical (unpaired) electrons. The van der Waals surface area contributed by atoms with E-state index in [4.69, 9.17) is 4.74 Å². The van der Waals surface area contributed by atoms with Crippen LogP contribution in [0.4, 0.5) is 22.0 Å². The van der Waals surface area contributed by atoms with Crippen molar-refractivity contribution in [2.24, 2.45) is 11.8 Å². The van der Waals surface area contributed by atoms with Crippen molar-refractivity contribution in [1.82, 2.24) is 0 Å². The zero-order chi connectivity index (χ0) is 27.2. The molecule has 0 N–H and O–H groups in total. The molecule has 0 saturated heterocycles. The fourth-order valence-corrected chi connectivity index (χ4v) is 5.28. The van der Waals surface area contributed by atoms with Gasteiger partial charge in [-0.15, -0.1) is 13.2 Å². The van der Waals surface area contributed by atoms with Crippen LogP contribution in [-0.2, 0) is 12.5 Å². The molecule has 0 aromatic heterocycles. The molecule has 3 aromatic carbocycles. The van der Waals surface area contributed by atoms with E-state index in [0.717, 1.165) is 36.5 Å². The van der Waals surface area contributed by atoms with Crippen LogP contribution in [0.15, 0.2) is 72.8 Å². The molecular weight excluding hydrogens is 499 g/mol. The lowest BCUT2D eigenvalue weighted by atomic mass is 9.78. The summed E-state index contributed by atoms with van der Waals surface area (Å²) in [5, 5.41) is 0. The molecule has 0 bridgehead atoms. The second kappa shape index (κ2) is 12.2. The lowest BCUT2D eigenvalue weighted by molar-refractivity contribution is -0.274. The van der Waals surface area contributed by atoms with Crippen LogP contribution in [0.5, 0.6) is 11.5 Å². The third-order valence-electron chi connectivity index (χ3n) is 7.32. The molecule has 0 atom stereocenters. The Balaban J connectivity index is 1.38. The Labute approximate surface area is 220 Å². The van der Waals surface area contributed by atoms with E-state index in [1.807, 2.05) is 0 Å². The maximum atomic E-state index is 15.1. The number of ether oxygens (including phenoxy) is 2. The van der Waals surface area contributed by atoms with Crippen molar-refractivity contribution in [3.63, 3.8) is 0 Å². The van der Waals surface area contributed by atoms with E-state index in [2.05, 4.69) is 11.7 Å². The second-order valence-electron chi connectivity index (χ2n) is 10.1. The summed E-state index contributed by atoms with van der Waals surface area (Å²) in [6, 6.07) is 17.5. The summed E-state index contributed by atoms with van der Waals surface area (Å²) >= 11 is 0. The van der Waals surface area contributed by atoms with Gasteiger partial charge >= 0.3 is 12.5 Å². The fourth-order valence-electron chi connectivity index (χ4n) is 5.28. The predicted octanol–water partition coefficient (Wildman–Crippen LogP) is 9.92. The average Bonchev–Trinajstić information content (AvgIpc) is 2.88. The minimum absolute atomic E-state index is 0.0789. The normalized spacial score (nSPS) is 18.3. The van der Waals surface area contributed by atoms with Crippen LogP contribution < -0.4 is 9.47 Å². The van der Waals surface area contributed by atoms with Crippen molar-refractivity contribution in [1.29, 1.82) is 0 Å². The number of alkyl halides is 5. The van der Waals surface area contributed by atoms with Crippen LogP contribution in [0, 0.1) is 11.8 Å². The topological polar surface area (TPSA) is 18.5 Å². The molecule has 3 aromatic rings. The molecule has 1 aliphatic carbocycles. The van der Waals surface area contributed by atoms with Crippen LogP contribution >= 0.6 is 0 Å². The zero-order valence-electron chi connectivity index (χ0n) is 21.4. The maximum absolute atomic E-state index is 15.1. The summed E-state index contributed by atoms with van der Waals surface area (Å²) in [5.74, 6) is 1.10. The molecule has 1 aliphatic rings. The largest absolute Gasteiger partial charge is 0.573 e. The van der Waals surface area contributed by atoms with Crippen molar-refractivity contribution >= 4 is 0 Å². The summed E-state index contributed by atoms with van der Waals surface area (Å²) < 4.78 is 76.6. The third-order valence-corrected chi connectivity index (χ3v) is 7.32. The van der Waals surface area contributed by atoms with Crippen molar-refractivity contribution in [3.8, 4) is 22.6 Å². The molecule has 0 heterocycles. The molecule has 38 heavy (non-hydrogen) atoms. The average molecular weight is 533 g/mol. The van der Waals surface area contributed by atoms with E-state index in [-0.39, 0.29) is 11.3 Å². The highest BCUT2D eigenvalue weighted by atomic mass is 19.4. The minimum Gasteiger partial charge on any atom is -0.428 e. The third kappa shape index (κ3) is 7.71. The fraction of sp³-hybridized carbons (Fsp3) is 0.419. The summed E-state index contributed by atoms with van der Waals surface area (Å²) in [6.07, 6.45) is 1.21. The molecule has 0 aliphatic heterocycles. The summed E-state index contributed by atoms with van der Waals surface area (Å²) in [4.78, 5) is 0. The SMILES string of the molecule is CCC[C@H]1CC[C@H](CCc2ccc(C(F)(F)Oc3ccccc3-c3ccc(OC(F)(F)F)cc3)cc2)CC1. The van der Waals surface area contributed by atoms with Crippen LogP contribution in [0.25, 0.3) is 11.1 Å². The first-order valence-corrected chi connectivity index (χ1v) is 13.2. The smallest absolute Gasteiger partial charge is 0.428 e. The Kier molecular flexibility index (Phi) is 8.95. The van der Waals surface area contributed by atoms with E-state index in [1.165, 1.54) is 68.9 Å². The van der Waals surface area contributed by atoms with Gasteiger partial charge < -0.3 is 9.47 Å². The van der Waals surface area contributed by atoms with Crippen LogP contribution in [0.1, 0.15) is 63.0 Å². The van der Waals surface area contributed by atoms with Gasteiger partial charge in [-0.2, -0.15) is 8.78 Å². The van der Waals surface area contributed by atoms with Crippen LogP contribution in [0.3, 0.4) is 0 Å². The highest BCUT2D eigenvalue weighted by Crippen LogP contribution is 2.38. The van der Waals surface area contributed by atoms with Gasteiger partial charge in [-0.3, -0.25) is 0 Å². The number of para-hydroxylation sites is 1. The van der Waals surface area contributed by atoms with Gasteiger partial charge in [0.2, 0.25) is 0 Å². The summed E-state index contributed by atoms with van der Waals surface area (Å²) in [5.41, 5.74) is 1.52. The second-order valence-corrected chi connectivity index (χ2v) is 10.1. The van der Waals surface area contributed by atoms with E-state index in [0.29, 0.717) is 17.0 Å². The molecule has 1 saturated carbocycles. The van der Waals surface area contributed by atoms with Gasteiger partial charge in [0, 0.05) is 5.56 Å². The zero-order valence-corrected chi connectivity index (χ0v) is 21.4. The molecule has 7 heteroatoms. The van der Waals surface area contributed by atoms with Gasteiger partial charge in [0.05, 0.1) is 5.56 Å². The predicted molar refractivity (Wildman–Crippen MR) is 138 cm³/mol. The van der Waals surface area contributed by atoms with Crippen molar-refractivity contribution in [2.45, 2.75) is 70.8 Å². The highest BCUT2D eigenvalue weighted by Gasteiger charge is 2.35. The molecule has 4 rings (SSSR count). The molecular formula is C31H33F5O2. The number of benzene rings is 3. The summed E-state index contributed by atoms with van der Waals surface area (Å²) in [7, 11) is 0. The van der Waals surface area contributed by atoms with Crippen molar-refractivity contribution < 1.29 is 31.4 Å². The lowest BCUT2D eigenvalue weighted by Crippen LogP contribution is -2.22. The van der Waals surface area contributed by atoms with Gasteiger partial charge in [0.1, 0.15) is 11.5 Å². The molecule has 0 spiro atoms. The van der Waals surface area contributed by atoms with Gasteiger partial charge in [-0.25, -0.2) is 0 Å². The van der Waals surface area contributed by atoms with Gasteiger partial charge in [-0.05, 0) is 66.1 Å². The van der Waals surface area contributed by atoms with Crippen molar-refractivity contribution in [3.05, 3.63) is 83.9 Å². The number of rotatable bonds is 10. The minimum atomic E-state index is -4.81.